The Labute approximate surface area is 141 Å². The number of thioether (sulfide) groups is 1. The molecule has 0 aliphatic carbocycles. The quantitative estimate of drug-likeness (QED) is 0.811. The minimum absolute atomic E-state index is 0.165. The number of fused-ring (bicyclic) bond motifs is 1. The van der Waals surface area contributed by atoms with Gasteiger partial charge in [-0.15, -0.1) is 0 Å². The maximum atomic E-state index is 12.3. The van der Waals surface area contributed by atoms with Crippen molar-refractivity contribution in [3.8, 4) is 0 Å². The molecule has 23 heavy (non-hydrogen) atoms. The van der Waals surface area contributed by atoms with Crippen LogP contribution in [0.5, 0.6) is 0 Å². The van der Waals surface area contributed by atoms with Crippen molar-refractivity contribution in [2.24, 2.45) is 0 Å². The van der Waals surface area contributed by atoms with E-state index in [0.717, 1.165) is 10.5 Å². The minimum Gasteiger partial charge on any atom is -0.378 e. The molecular formula is C18H22N2O2S. The number of morpholine rings is 1. The molecule has 1 saturated heterocycles. The van der Waals surface area contributed by atoms with E-state index in [9.17, 15) is 4.79 Å². The van der Waals surface area contributed by atoms with E-state index >= 15 is 0 Å². The van der Waals surface area contributed by atoms with Crippen molar-refractivity contribution in [1.82, 2.24) is 9.88 Å². The lowest BCUT2D eigenvalue weighted by atomic mass is 10.0. The first-order chi connectivity index (χ1) is 11.0. The Morgan fingerprint density at radius 1 is 1.17 bits per heavy atom. The van der Waals surface area contributed by atoms with Gasteiger partial charge in [0.1, 0.15) is 0 Å². The van der Waals surface area contributed by atoms with Crippen LogP contribution < -0.4 is 0 Å². The van der Waals surface area contributed by atoms with Crippen molar-refractivity contribution in [3.63, 3.8) is 0 Å². The second-order valence-electron chi connectivity index (χ2n) is 6.04. The number of rotatable bonds is 3. The lowest BCUT2D eigenvalue weighted by Crippen LogP contribution is -2.41. The van der Waals surface area contributed by atoms with Crippen LogP contribution in [-0.2, 0) is 9.53 Å². The van der Waals surface area contributed by atoms with E-state index in [1.54, 1.807) is 0 Å². The summed E-state index contributed by atoms with van der Waals surface area (Å²) in [6.07, 6.45) is 0. The predicted molar refractivity (Wildman–Crippen MR) is 94.1 cm³/mol. The number of hydrogen-bond donors (Lipinski definition) is 0. The van der Waals surface area contributed by atoms with Gasteiger partial charge in [0.25, 0.3) is 0 Å². The number of carbonyl (C=O) groups is 1. The van der Waals surface area contributed by atoms with E-state index in [0.29, 0.717) is 32.1 Å². The Balaban J connectivity index is 1.77. The van der Waals surface area contributed by atoms with E-state index in [4.69, 9.17) is 9.72 Å². The number of amides is 1. The van der Waals surface area contributed by atoms with Gasteiger partial charge in [0.05, 0.1) is 29.5 Å². The van der Waals surface area contributed by atoms with Crippen LogP contribution >= 0.6 is 11.8 Å². The first-order valence-electron chi connectivity index (χ1n) is 7.91. The van der Waals surface area contributed by atoms with Gasteiger partial charge in [0.2, 0.25) is 5.91 Å². The van der Waals surface area contributed by atoms with Crippen LogP contribution in [0.25, 0.3) is 10.9 Å². The maximum Gasteiger partial charge on any atom is 0.233 e. The molecule has 1 aromatic heterocycles. The van der Waals surface area contributed by atoms with E-state index in [-0.39, 0.29) is 5.91 Å². The standard InChI is InChI=1S/C18H22N2O2S/c1-12-8-14(3)18-15(9-12)13(2)10-16(19-18)23-11-17(21)20-4-6-22-7-5-20/h8-10H,4-7,11H2,1-3H3. The fourth-order valence-corrected chi connectivity index (χ4v) is 3.80. The molecule has 2 heterocycles. The SMILES string of the molecule is Cc1cc(C)c2nc(SCC(=O)N3CCOCC3)cc(C)c2c1. The van der Waals surface area contributed by atoms with Crippen LogP contribution in [0.4, 0.5) is 0 Å². The second-order valence-corrected chi connectivity index (χ2v) is 7.03. The van der Waals surface area contributed by atoms with Gasteiger partial charge in [-0.2, -0.15) is 0 Å². The molecule has 0 spiro atoms. The van der Waals surface area contributed by atoms with Crippen molar-refractivity contribution in [3.05, 3.63) is 34.9 Å². The summed E-state index contributed by atoms with van der Waals surface area (Å²) in [6, 6.07) is 6.42. The van der Waals surface area contributed by atoms with Crippen LogP contribution in [0.1, 0.15) is 16.7 Å². The van der Waals surface area contributed by atoms with Gasteiger partial charge in [-0.05, 0) is 44.0 Å². The summed E-state index contributed by atoms with van der Waals surface area (Å²) in [5, 5.41) is 2.12. The molecular weight excluding hydrogens is 308 g/mol. The lowest BCUT2D eigenvalue weighted by molar-refractivity contribution is -0.132. The fourth-order valence-electron chi connectivity index (χ4n) is 2.93. The average Bonchev–Trinajstić information content (AvgIpc) is 2.54. The molecule has 1 aromatic carbocycles. The number of benzene rings is 1. The summed E-state index contributed by atoms with van der Waals surface area (Å²) in [5.41, 5.74) is 4.69. The third-order valence-electron chi connectivity index (χ3n) is 4.14. The first-order valence-corrected chi connectivity index (χ1v) is 8.90. The molecule has 5 heteroatoms. The van der Waals surface area contributed by atoms with Gasteiger partial charge in [-0.3, -0.25) is 4.79 Å². The summed E-state index contributed by atoms with van der Waals surface area (Å²) >= 11 is 1.52. The Hall–Kier alpha value is -1.59. The van der Waals surface area contributed by atoms with E-state index in [1.807, 2.05) is 4.90 Å². The van der Waals surface area contributed by atoms with Crippen molar-refractivity contribution in [2.45, 2.75) is 25.8 Å². The fraction of sp³-hybridized carbons (Fsp3) is 0.444. The third-order valence-corrected chi connectivity index (χ3v) is 5.04. The molecule has 1 aliphatic heterocycles. The molecule has 122 valence electrons. The minimum atomic E-state index is 0.165. The van der Waals surface area contributed by atoms with Crippen molar-refractivity contribution in [1.29, 1.82) is 0 Å². The van der Waals surface area contributed by atoms with Gasteiger partial charge in [-0.25, -0.2) is 4.98 Å². The molecule has 3 rings (SSSR count). The second kappa shape index (κ2) is 6.89. The van der Waals surface area contributed by atoms with Gasteiger partial charge in [-0.1, -0.05) is 23.4 Å². The van der Waals surface area contributed by atoms with Crippen LogP contribution in [-0.4, -0.2) is 47.8 Å². The molecule has 0 N–H and O–H groups in total. The molecule has 0 saturated carbocycles. The third kappa shape index (κ3) is 3.67. The summed E-state index contributed by atoms with van der Waals surface area (Å²) < 4.78 is 5.29. The van der Waals surface area contributed by atoms with Gasteiger partial charge >= 0.3 is 0 Å². The Morgan fingerprint density at radius 2 is 1.91 bits per heavy atom. The number of aromatic nitrogens is 1. The van der Waals surface area contributed by atoms with Crippen molar-refractivity contribution < 1.29 is 9.53 Å². The number of aryl methyl sites for hydroxylation is 3. The number of carbonyl (C=O) groups excluding carboxylic acids is 1. The highest BCUT2D eigenvalue weighted by Gasteiger charge is 2.17. The van der Waals surface area contributed by atoms with Crippen LogP contribution in [0.2, 0.25) is 0 Å². The first kappa shape index (κ1) is 16.3. The molecule has 0 bridgehead atoms. The zero-order valence-electron chi connectivity index (χ0n) is 13.9. The van der Waals surface area contributed by atoms with E-state index in [2.05, 4.69) is 39.0 Å². The summed E-state index contributed by atoms with van der Waals surface area (Å²) in [5.74, 6) is 0.599. The largest absolute Gasteiger partial charge is 0.378 e. The van der Waals surface area contributed by atoms with Crippen LogP contribution in [0.15, 0.2) is 23.2 Å². The Bertz CT molecular complexity index is 739. The number of ether oxygens (including phenoxy) is 1. The van der Waals surface area contributed by atoms with Gasteiger partial charge < -0.3 is 9.64 Å². The number of hydrogen-bond acceptors (Lipinski definition) is 4. The Kier molecular flexibility index (Phi) is 4.87. The summed E-state index contributed by atoms with van der Waals surface area (Å²) in [7, 11) is 0. The van der Waals surface area contributed by atoms with Gasteiger partial charge in [0.15, 0.2) is 0 Å². The topological polar surface area (TPSA) is 42.4 Å². The number of nitrogens with zero attached hydrogens (tertiary/aromatic N) is 2. The molecule has 1 fully saturated rings. The molecule has 4 nitrogen and oxygen atoms in total. The molecule has 1 aliphatic rings. The van der Waals surface area contributed by atoms with Crippen LogP contribution in [0, 0.1) is 20.8 Å². The molecule has 0 unspecified atom stereocenters. The normalized spacial score (nSPS) is 15.2. The maximum absolute atomic E-state index is 12.3. The molecule has 1 amide bonds. The van der Waals surface area contributed by atoms with Crippen molar-refractivity contribution >= 4 is 28.6 Å². The van der Waals surface area contributed by atoms with Crippen LogP contribution in [0.3, 0.4) is 0 Å². The lowest BCUT2D eigenvalue weighted by Gasteiger charge is -2.26. The zero-order chi connectivity index (χ0) is 16.4. The van der Waals surface area contributed by atoms with E-state index < -0.39 is 0 Å². The predicted octanol–water partition coefficient (Wildman–Crippen LogP) is 3.11. The zero-order valence-corrected chi connectivity index (χ0v) is 14.7. The Morgan fingerprint density at radius 3 is 2.65 bits per heavy atom. The summed E-state index contributed by atoms with van der Waals surface area (Å²) in [6.45, 7) is 8.98. The highest BCUT2D eigenvalue weighted by atomic mass is 32.2. The molecule has 2 aromatic rings. The van der Waals surface area contributed by atoms with Gasteiger partial charge in [0, 0.05) is 18.5 Å². The average molecular weight is 330 g/mol. The van der Waals surface area contributed by atoms with E-state index in [1.165, 1.54) is 33.8 Å². The summed E-state index contributed by atoms with van der Waals surface area (Å²) in [4.78, 5) is 18.9. The highest BCUT2D eigenvalue weighted by molar-refractivity contribution is 7.99. The smallest absolute Gasteiger partial charge is 0.233 e. The monoisotopic (exact) mass is 330 g/mol. The highest BCUT2D eigenvalue weighted by Crippen LogP contribution is 2.27. The van der Waals surface area contributed by atoms with Crippen molar-refractivity contribution in [2.75, 3.05) is 32.1 Å². The molecule has 0 atom stereocenters. The number of pyridine rings is 1. The molecule has 0 radical (unpaired) electrons.